The zero-order valence-electron chi connectivity index (χ0n) is 17.4. The van der Waals surface area contributed by atoms with Gasteiger partial charge < -0.3 is 9.64 Å². The standard InChI is InChI=1S/C22H24F3N5O/c1-14-10-21(27-15(2)26-14)30-8-6-16(13-30)20-12-18(28-29-20)7-9-31-19-5-3-4-17(11-19)22(23,24)25/h3-5,10-12,16H,6-9,13H2,1-2H3,(H,28,29)/t16-/m1/s1. The summed E-state index contributed by atoms with van der Waals surface area (Å²) in [5.74, 6) is 2.21. The SMILES string of the molecule is Cc1cc(N2CC[C@@H](c3cc(CCOc4cccc(C(F)(F)F)c4)[nH]n3)C2)nc(C)n1. The number of aryl methyl sites for hydroxylation is 2. The summed E-state index contributed by atoms with van der Waals surface area (Å²) in [4.78, 5) is 11.1. The van der Waals surface area contributed by atoms with E-state index in [1.54, 1.807) is 0 Å². The molecule has 6 nitrogen and oxygen atoms in total. The number of nitrogens with zero attached hydrogens (tertiary/aromatic N) is 4. The normalized spacial score (nSPS) is 16.7. The van der Waals surface area contributed by atoms with Crippen molar-refractivity contribution in [2.75, 3.05) is 24.6 Å². The summed E-state index contributed by atoms with van der Waals surface area (Å²) in [6.07, 6.45) is -2.87. The van der Waals surface area contributed by atoms with Gasteiger partial charge in [-0.15, -0.1) is 0 Å². The third-order valence-corrected chi connectivity index (χ3v) is 5.34. The number of halogens is 3. The van der Waals surface area contributed by atoms with Gasteiger partial charge in [0.05, 0.1) is 17.9 Å². The quantitative estimate of drug-likeness (QED) is 0.625. The predicted molar refractivity (Wildman–Crippen MR) is 110 cm³/mol. The molecule has 0 bridgehead atoms. The molecule has 4 rings (SSSR count). The van der Waals surface area contributed by atoms with Gasteiger partial charge in [-0.1, -0.05) is 6.07 Å². The van der Waals surface area contributed by atoms with E-state index < -0.39 is 11.7 Å². The largest absolute Gasteiger partial charge is 0.493 e. The Bertz CT molecular complexity index is 1030. The molecule has 164 valence electrons. The van der Waals surface area contributed by atoms with Gasteiger partial charge in [-0.25, -0.2) is 9.97 Å². The molecule has 0 spiro atoms. The molecule has 3 heterocycles. The smallest absolute Gasteiger partial charge is 0.416 e. The monoisotopic (exact) mass is 431 g/mol. The fourth-order valence-electron chi connectivity index (χ4n) is 3.83. The first kappa shape index (κ1) is 21.1. The van der Waals surface area contributed by atoms with Crippen molar-refractivity contribution in [2.45, 2.75) is 38.8 Å². The van der Waals surface area contributed by atoms with Crippen LogP contribution in [0.15, 0.2) is 36.4 Å². The molecule has 0 amide bonds. The zero-order chi connectivity index (χ0) is 22.0. The van der Waals surface area contributed by atoms with Gasteiger partial charge >= 0.3 is 6.18 Å². The van der Waals surface area contributed by atoms with E-state index in [4.69, 9.17) is 4.74 Å². The Hall–Kier alpha value is -3.10. The third kappa shape index (κ3) is 5.15. The number of benzene rings is 1. The maximum absolute atomic E-state index is 12.8. The molecule has 1 aliphatic rings. The molecule has 0 unspecified atom stereocenters. The lowest BCUT2D eigenvalue weighted by Gasteiger charge is -2.17. The number of hydrogen-bond acceptors (Lipinski definition) is 5. The molecule has 1 fully saturated rings. The van der Waals surface area contributed by atoms with Gasteiger partial charge in [-0.05, 0) is 44.5 Å². The summed E-state index contributed by atoms with van der Waals surface area (Å²) >= 11 is 0. The van der Waals surface area contributed by atoms with E-state index in [-0.39, 0.29) is 12.4 Å². The average molecular weight is 431 g/mol. The van der Waals surface area contributed by atoms with Crippen LogP contribution < -0.4 is 9.64 Å². The van der Waals surface area contributed by atoms with Crippen molar-refractivity contribution < 1.29 is 17.9 Å². The second-order valence-electron chi connectivity index (χ2n) is 7.79. The molecular formula is C22H24F3N5O. The molecule has 2 aromatic heterocycles. The highest BCUT2D eigenvalue weighted by Gasteiger charge is 2.30. The van der Waals surface area contributed by atoms with E-state index in [0.717, 1.165) is 60.4 Å². The minimum atomic E-state index is -4.38. The van der Waals surface area contributed by atoms with Crippen LogP contribution >= 0.6 is 0 Å². The molecule has 9 heteroatoms. The highest BCUT2D eigenvalue weighted by Crippen LogP contribution is 2.32. The van der Waals surface area contributed by atoms with Crippen molar-refractivity contribution in [3.8, 4) is 5.75 Å². The van der Waals surface area contributed by atoms with Crippen molar-refractivity contribution in [2.24, 2.45) is 0 Å². The first-order valence-electron chi connectivity index (χ1n) is 10.2. The Labute approximate surface area is 178 Å². The lowest BCUT2D eigenvalue weighted by Crippen LogP contribution is -2.21. The van der Waals surface area contributed by atoms with Crippen LogP contribution in [0.1, 0.15) is 40.8 Å². The lowest BCUT2D eigenvalue weighted by atomic mass is 10.0. The number of rotatable bonds is 6. The van der Waals surface area contributed by atoms with Crippen LogP contribution in [0.3, 0.4) is 0 Å². The van der Waals surface area contributed by atoms with Crippen molar-refractivity contribution in [1.29, 1.82) is 0 Å². The molecule has 1 atom stereocenters. The molecular weight excluding hydrogens is 407 g/mol. The van der Waals surface area contributed by atoms with E-state index >= 15 is 0 Å². The van der Waals surface area contributed by atoms with Crippen molar-refractivity contribution in [1.82, 2.24) is 20.2 Å². The Morgan fingerprint density at radius 2 is 2.00 bits per heavy atom. The Kier molecular flexibility index (Phi) is 5.84. The Morgan fingerprint density at radius 1 is 1.16 bits per heavy atom. The number of hydrogen-bond donors (Lipinski definition) is 1. The van der Waals surface area contributed by atoms with E-state index in [1.807, 2.05) is 26.0 Å². The second kappa shape index (κ2) is 8.56. The first-order chi connectivity index (χ1) is 14.8. The van der Waals surface area contributed by atoms with Crippen LogP contribution in [0.25, 0.3) is 0 Å². The molecule has 1 aliphatic heterocycles. The number of aromatic amines is 1. The van der Waals surface area contributed by atoms with Gasteiger partial charge in [-0.3, -0.25) is 5.10 Å². The Morgan fingerprint density at radius 3 is 2.77 bits per heavy atom. The summed E-state index contributed by atoms with van der Waals surface area (Å²) in [6, 6.07) is 8.93. The van der Waals surface area contributed by atoms with E-state index in [1.165, 1.54) is 12.1 Å². The van der Waals surface area contributed by atoms with Crippen LogP contribution in [0.5, 0.6) is 5.75 Å². The highest BCUT2D eigenvalue weighted by atomic mass is 19.4. The number of ether oxygens (including phenoxy) is 1. The van der Waals surface area contributed by atoms with Crippen molar-refractivity contribution in [3.05, 3.63) is 64.9 Å². The first-order valence-corrected chi connectivity index (χ1v) is 10.2. The van der Waals surface area contributed by atoms with Crippen LogP contribution in [0.2, 0.25) is 0 Å². The number of anilines is 1. The summed E-state index contributed by atoms with van der Waals surface area (Å²) in [5, 5.41) is 7.47. The zero-order valence-corrected chi connectivity index (χ0v) is 17.4. The molecule has 1 aromatic carbocycles. The van der Waals surface area contributed by atoms with Gasteiger partial charge in [0.15, 0.2) is 0 Å². The van der Waals surface area contributed by atoms with E-state index in [0.29, 0.717) is 12.3 Å². The molecule has 1 saturated heterocycles. The maximum Gasteiger partial charge on any atom is 0.416 e. The Balaban J connectivity index is 1.32. The average Bonchev–Trinajstić information content (AvgIpc) is 3.36. The summed E-state index contributed by atoms with van der Waals surface area (Å²) in [6.45, 7) is 5.86. The van der Waals surface area contributed by atoms with Crippen LogP contribution in [-0.2, 0) is 12.6 Å². The number of aromatic nitrogens is 4. The van der Waals surface area contributed by atoms with E-state index in [2.05, 4.69) is 25.1 Å². The molecule has 0 radical (unpaired) electrons. The fraction of sp³-hybridized carbons (Fsp3) is 0.409. The van der Waals surface area contributed by atoms with Crippen molar-refractivity contribution in [3.63, 3.8) is 0 Å². The van der Waals surface area contributed by atoms with Crippen LogP contribution in [0.4, 0.5) is 19.0 Å². The summed E-state index contributed by atoms with van der Waals surface area (Å²) in [5.41, 5.74) is 2.12. The lowest BCUT2D eigenvalue weighted by molar-refractivity contribution is -0.137. The van der Waals surface area contributed by atoms with Crippen LogP contribution in [-0.4, -0.2) is 39.9 Å². The van der Waals surface area contributed by atoms with Crippen LogP contribution in [0, 0.1) is 13.8 Å². The predicted octanol–water partition coefficient (Wildman–Crippen LogP) is 4.45. The van der Waals surface area contributed by atoms with Gasteiger partial charge in [0.25, 0.3) is 0 Å². The third-order valence-electron chi connectivity index (χ3n) is 5.34. The molecule has 0 saturated carbocycles. The second-order valence-corrected chi connectivity index (χ2v) is 7.79. The number of alkyl halides is 3. The van der Waals surface area contributed by atoms with E-state index in [9.17, 15) is 13.2 Å². The number of nitrogens with one attached hydrogen (secondary N) is 1. The van der Waals surface area contributed by atoms with Gasteiger partial charge in [0.2, 0.25) is 0 Å². The topological polar surface area (TPSA) is 66.9 Å². The fourth-order valence-corrected chi connectivity index (χ4v) is 3.83. The van der Waals surface area contributed by atoms with Gasteiger partial charge in [0.1, 0.15) is 17.4 Å². The summed E-state index contributed by atoms with van der Waals surface area (Å²) < 4.78 is 43.9. The molecule has 0 aliphatic carbocycles. The minimum absolute atomic E-state index is 0.205. The molecule has 1 N–H and O–H groups in total. The highest BCUT2D eigenvalue weighted by molar-refractivity contribution is 5.42. The minimum Gasteiger partial charge on any atom is -0.493 e. The maximum atomic E-state index is 12.8. The van der Waals surface area contributed by atoms with Gasteiger partial charge in [0, 0.05) is 42.9 Å². The number of H-pyrrole nitrogens is 1. The molecule has 31 heavy (non-hydrogen) atoms. The van der Waals surface area contributed by atoms with Crippen molar-refractivity contribution >= 4 is 5.82 Å². The van der Waals surface area contributed by atoms with Gasteiger partial charge in [-0.2, -0.15) is 18.3 Å². The molecule has 3 aromatic rings. The summed E-state index contributed by atoms with van der Waals surface area (Å²) in [7, 11) is 0.